The van der Waals surface area contributed by atoms with Crippen molar-refractivity contribution in [1.82, 2.24) is 11.5 Å². The first-order chi connectivity index (χ1) is 9.45. The zero-order valence-corrected chi connectivity index (χ0v) is 11.3. The highest BCUT2D eigenvalue weighted by atomic mass is 14.9. The third-order valence-corrected chi connectivity index (χ3v) is 3.11. The molecule has 1 aliphatic rings. The molecular weight excluding hydrogens is 244 g/mol. The zero-order valence-electron chi connectivity index (χ0n) is 11.3. The van der Waals surface area contributed by atoms with Crippen LogP contribution >= 0.6 is 0 Å². The van der Waals surface area contributed by atoms with E-state index in [9.17, 15) is 0 Å². The quantitative estimate of drug-likeness (QED) is 0.843. The third kappa shape index (κ3) is 2.87. The molecule has 2 heteroatoms. The summed E-state index contributed by atoms with van der Waals surface area (Å²) < 4.78 is 0. The van der Waals surface area contributed by atoms with Gasteiger partial charge >= 0.3 is 0 Å². The normalized spacial score (nSPS) is 13.4. The Morgan fingerprint density at radius 3 is 1.90 bits per heavy atom. The molecule has 0 atom stereocenters. The highest BCUT2D eigenvalue weighted by molar-refractivity contribution is 5.95. The van der Waals surface area contributed by atoms with Crippen molar-refractivity contribution in [2.45, 2.75) is 0 Å². The molecule has 2 nitrogen and oxygen atoms in total. The van der Waals surface area contributed by atoms with Gasteiger partial charge in [0.1, 0.15) is 0 Å². The van der Waals surface area contributed by atoms with E-state index in [1.54, 1.807) is 0 Å². The standard InChI is InChI=1S/C18H15N.H3N/c1-3-9-15(10-4-1)17-13-7-8-14-19-18(17)16-11-5-2-6-12-16;/h1-14,19H;1H3. The molecule has 0 radical (unpaired) electrons. The first kappa shape index (κ1) is 13.8. The SMILES string of the molecule is C1=CNC(c2ccccc2)=C(c2ccccc2)C=C1.N. The Balaban J connectivity index is 0.00000147. The number of rotatable bonds is 2. The van der Waals surface area contributed by atoms with Crippen LogP contribution in [0.5, 0.6) is 0 Å². The van der Waals surface area contributed by atoms with Crippen LogP contribution in [-0.2, 0) is 0 Å². The minimum Gasteiger partial charge on any atom is -0.361 e. The summed E-state index contributed by atoms with van der Waals surface area (Å²) in [5.74, 6) is 0. The molecule has 20 heavy (non-hydrogen) atoms. The summed E-state index contributed by atoms with van der Waals surface area (Å²) in [6, 6.07) is 20.8. The molecule has 3 rings (SSSR count). The van der Waals surface area contributed by atoms with Crippen molar-refractivity contribution in [3.05, 3.63) is 96.2 Å². The van der Waals surface area contributed by atoms with Gasteiger partial charge in [-0.05, 0) is 17.2 Å². The fourth-order valence-corrected chi connectivity index (χ4v) is 2.20. The van der Waals surface area contributed by atoms with E-state index in [-0.39, 0.29) is 6.15 Å². The molecule has 0 saturated carbocycles. The molecule has 1 aliphatic heterocycles. The number of hydrogen-bond donors (Lipinski definition) is 2. The highest BCUT2D eigenvalue weighted by Crippen LogP contribution is 2.26. The van der Waals surface area contributed by atoms with Crippen molar-refractivity contribution in [1.29, 1.82) is 0 Å². The van der Waals surface area contributed by atoms with Crippen LogP contribution in [0.3, 0.4) is 0 Å². The van der Waals surface area contributed by atoms with E-state index in [4.69, 9.17) is 0 Å². The van der Waals surface area contributed by atoms with E-state index in [2.05, 4.69) is 66.0 Å². The predicted octanol–water partition coefficient (Wildman–Crippen LogP) is 4.39. The summed E-state index contributed by atoms with van der Waals surface area (Å²) >= 11 is 0. The lowest BCUT2D eigenvalue weighted by Crippen LogP contribution is -2.05. The second-order valence-electron chi connectivity index (χ2n) is 4.38. The molecule has 0 aromatic heterocycles. The van der Waals surface area contributed by atoms with Crippen LogP contribution in [0.2, 0.25) is 0 Å². The fourth-order valence-electron chi connectivity index (χ4n) is 2.20. The maximum Gasteiger partial charge on any atom is 0.0533 e. The van der Waals surface area contributed by atoms with E-state index in [1.165, 1.54) is 16.7 Å². The van der Waals surface area contributed by atoms with E-state index < -0.39 is 0 Å². The van der Waals surface area contributed by atoms with Gasteiger partial charge in [0.2, 0.25) is 0 Å². The molecule has 0 spiro atoms. The molecule has 0 aliphatic carbocycles. The van der Waals surface area contributed by atoms with Gasteiger partial charge in [-0.2, -0.15) is 0 Å². The van der Waals surface area contributed by atoms with Crippen molar-refractivity contribution >= 4 is 11.3 Å². The Hall–Kier alpha value is -2.58. The summed E-state index contributed by atoms with van der Waals surface area (Å²) in [6.07, 6.45) is 8.19. The van der Waals surface area contributed by atoms with Gasteiger partial charge < -0.3 is 11.5 Å². The van der Waals surface area contributed by atoms with Crippen molar-refractivity contribution in [2.75, 3.05) is 0 Å². The van der Waals surface area contributed by atoms with Gasteiger partial charge in [0.15, 0.2) is 0 Å². The van der Waals surface area contributed by atoms with E-state index in [1.807, 2.05) is 24.4 Å². The van der Waals surface area contributed by atoms with Crippen molar-refractivity contribution in [3.63, 3.8) is 0 Å². The largest absolute Gasteiger partial charge is 0.361 e. The molecule has 0 bridgehead atoms. The van der Waals surface area contributed by atoms with Crippen LogP contribution in [0.4, 0.5) is 0 Å². The first-order valence-electron chi connectivity index (χ1n) is 6.40. The summed E-state index contributed by atoms with van der Waals surface area (Å²) in [6.45, 7) is 0. The molecule has 0 amide bonds. The molecule has 1 heterocycles. The minimum absolute atomic E-state index is 0. The first-order valence-corrected chi connectivity index (χ1v) is 6.40. The van der Waals surface area contributed by atoms with Crippen LogP contribution in [-0.4, -0.2) is 0 Å². The average molecular weight is 262 g/mol. The Labute approximate surface area is 119 Å². The predicted molar refractivity (Wildman–Crippen MR) is 86.1 cm³/mol. The summed E-state index contributed by atoms with van der Waals surface area (Å²) in [5.41, 5.74) is 4.75. The van der Waals surface area contributed by atoms with Crippen molar-refractivity contribution in [3.8, 4) is 0 Å². The van der Waals surface area contributed by atoms with Crippen molar-refractivity contribution in [2.24, 2.45) is 0 Å². The van der Waals surface area contributed by atoms with Gasteiger partial charge in [0.25, 0.3) is 0 Å². The highest BCUT2D eigenvalue weighted by Gasteiger charge is 2.09. The molecule has 0 saturated heterocycles. The van der Waals surface area contributed by atoms with Crippen LogP contribution in [0.15, 0.2) is 85.1 Å². The minimum atomic E-state index is 0. The topological polar surface area (TPSA) is 47.0 Å². The van der Waals surface area contributed by atoms with Crippen LogP contribution in [0.1, 0.15) is 11.1 Å². The summed E-state index contributed by atoms with van der Waals surface area (Å²) in [5, 5.41) is 3.38. The van der Waals surface area contributed by atoms with Gasteiger partial charge in [-0.15, -0.1) is 0 Å². The Bertz CT molecular complexity index is 638. The van der Waals surface area contributed by atoms with Gasteiger partial charge in [0.05, 0.1) is 5.70 Å². The monoisotopic (exact) mass is 262 g/mol. The van der Waals surface area contributed by atoms with Crippen LogP contribution < -0.4 is 11.5 Å². The molecule has 0 fully saturated rings. The molecule has 100 valence electrons. The number of allylic oxidation sites excluding steroid dienone is 4. The fraction of sp³-hybridized carbons (Fsp3) is 0. The number of nitrogens with one attached hydrogen (secondary N) is 1. The van der Waals surface area contributed by atoms with Crippen LogP contribution in [0, 0.1) is 0 Å². The van der Waals surface area contributed by atoms with Crippen molar-refractivity contribution < 1.29 is 0 Å². The third-order valence-electron chi connectivity index (χ3n) is 3.11. The average Bonchev–Trinajstić information content (AvgIpc) is 2.75. The zero-order chi connectivity index (χ0) is 12.9. The maximum atomic E-state index is 3.38. The smallest absolute Gasteiger partial charge is 0.0533 e. The molecule has 4 N–H and O–H groups in total. The number of hydrogen-bond acceptors (Lipinski definition) is 2. The second-order valence-corrected chi connectivity index (χ2v) is 4.38. The summed E-state index contributed by atoms with van der Waals surface area (Å²) in [4.78, 5) is 0. The van der Waals surface area contributed by atoms with E-state index in [0.717, 1.165) is 5.70 Å². The Morgan fingerprint density at radius 2 is 1.25 bits per heavy atom. The second kappa shape index (κ2) is 6.55. The number of benzene rings is 2. The molecule has 2 aromatic rings. The summed E-state index contributed by atoms with van der Waals surface area (Å²) in [7, 11) is 0. The molecular formula is C18H18N2. The Morgan fingerprint density at radius 1 is 0.650 bits per heavy atom. The van der Waals surface area contributed by atoms with Gasteiger partial charge in [-0.25, -0.2) is 0 Å². The van der Waals surface area contributed by atoms with Crippen LogP contribution in [0.25, 0.3) is 11.3 Å². The Kier molecular flexibility index (Phi) is 4.53. The lowest BCUT2D eigenvalue weighted by atomic mass is 9.99. The van der Waals surface area contributed by atoms with E-state index >= 15 is 0 Å². The lowest BCUT2D eigenvalue weighted by molar-refractivity contribution is 1.22. The van der Waals surface area contributed by atoms with Gasteiger partial charge in [-0.1, -0.05) is 72.8 Å². The molecule has 0 unspecified atom stereocenters. The van der Waals surface area contributed by atoms with Gasteiger partial charge in [0, 0.05) is 11.8 Å². The van der Waals surface area contributed by atoms with Gasteiger partial charge in [-0.3, -0.25) is 0 Å². The lowest BCUT2D eigenvalue weighted by Gasteiger charge is -2.12. The van der Waals surface area contributed by atoms with E-state index in [0.29, 0.717) is 0 Å². The maximum absolute atomic E-state index is 3.38. The molecule has 2 aromatic carbocycles.